The molecule has 110 valence electrons. The van der Waals surface area contributed by atoms with Gasteiger partial charge in [0.1, 0.15) is 6.10 Å². The molecule has 1 aliphatic heterocycles. The number of nitrogens with zero attached hydrogens (tertiary/aromatic N) is 1. The topological polar surface area (TPSA) is 57.4 Å². The summed E-state index contributed by atoms with van der Waals surface area (Å²) in [5, 5.41) is 0. The summed E-state index contributed by atoms with van der Waals surface area (Å²) in [5.74, 6) is 1.21. The summed E-state index contributed by atoms with van der Waals surface area (Å²) in [5.41, 5.74) is 6.93. The van der Waals surface area contributed by atoms with Crippen molar-refractivity contribution in [2.24, 2.45) is 0 Å². The van der Waals surface area contributed by atoms with Gasteiger partial charge in [0.2, 0.25) is 0 Å². The highest BCUT2D eigenvalue weighted by Crippen LogP contribution is 2.39. The molecule has 1 aromatic heterocycles. The van der Waals surface area contributed by atoms with E-state index in [1.54, 1.807) is 0 Å². The van der Waals surface area contributed by atoms with Crippen molar-refractivity contribution >= 4 is 5.82 Å². The second-order valence-electron chi connectivity index (χ2n) is 6.16. The molecule has 0 aromatic carbocycles. The highest BCUT2D eigenvalue weighted by molar-refractivity contribution is 5.46. The maximum Gasteiger partial charge on any atom is 0.166 e. The van der Waals surface area contributed by atoms with Crippen LogP contribution in [0.3, 0.4) is 0 Å². The Morgan fingerprint density at radius 2 is 2.10 bits per heavy atom. The maximum atomic E-state index is 6.10. The minimum atomic E-state index is 0.0635. The van der Waals surface area contributed by atoms with E-state index in [0.29, 0.717) is 11.6 Å². The zero-order valence-electron chi connectivity index (χ0n) is 12.2. The molecule has 2 aliphatic rings. The van der Waals surface area contributed by atoms with Crippen LogP contribution in [0.4, 0.5) is 5.82 Å². The van der Waals surface area contributed by atoms with Crippen LogP contribution in [0.5, 0.6) is 5.75 Å². The Morgan fingerprint density at radius 1 is 1.30 bits per heavy atom. The van der Waals surface area contributed by atoms with Gasteiger partial charge in [0.25, 0.3) is 0 Å². The molecule has 3 rings (SSSR count). The SMILES string of the molecule is Cc1ccc(OC2CCOC3(CCCCC3)C2)c(N)n1. The van der Waals surface area contributed by atoms with E-state index in [1.807, 2.05) is 19.1 Å². The van der Waals surface area contributed by atoms with Gasteiger partial charge in [-0.25, -0.2) is 4.98 Å². The lowest BCUT2D eigenvalue weighted by Crippen LogP contribution is -2.45. The van der Waals surface area contributed by atoms with Crippen molar-refractivity contribution in [2.75, 3.05) is 12.3 Å². The Kier molecular flexibility index (Phi) is 3.83. The monoisotopic (exact) mass is 276 g/mol. The van der Waals surface area contributed by atoms with Gasteiger partial charge in [-0.1, -0.05) is 19.3 Å². The molecular weight excluding hydrogens is 252 g/mol. The van der Waals surface area contributed by atoms with Crippen molar-refractivity contribution in [3.63, 3.8) is 0 Å². The van der Waals surface area contributed by atoms with Gasteiger partial charge in [0, 0.05) is 18.5 Å². The molecule has 1 atom stereocenters. The summed E-state index contributed by atoms with van der Waals surface area (Å²) >= 11 is 0. The Labute approximate surface area is 120 Å². The van der Waals surface area contributed by atoms with Crippen molar-refractivity contribution < 1.29 is 9.47 Å². The molecular formula is C16H24N2O2. The van der Waals surface area contributed by atoms with Crippen LogP contribution in [-0.2, 0) is 4.74 Å². The van der Waals surface area contributed by atoms with Crippen molar-refractivity contribution in [3.8, 4) is 5.75 Å². The molecule has 2 fully saturated rings. The quantitative estimate of drug-likeness (QED) is 0.901. The Hall–Kier alpha value is -1.29. The number of aryl methyl sites for hydroxylation is 1. The van der Waals surface area contributed by atoms with E-state index in [-0.39, 0.29) is 11.7 Å². The molecule has 0 bridgehead atoms. The first-order valence-corrected chi connectivity index (χ1v) is 7.71. The fraction of sp³-hybridized carbons (Fsp3) is 0.688. The molecule has 1 aromatic rings. The largest absolute Gasteiger partial charge is 0.486 e. The Balaban J connectivity index is 1.68. The van der Waals surface area contributed by atoms with Gasteiger partial charge in [-0.15, -0.1) is 0 Å². The van der Waals surface area contributed by atoms with Crippen LogP contribution in [0.15, 0.2) is 12.1 Å². The van der Waals surface area contributed by atoms with Gasteiger partial charge in [-0.05, 0) is 31.9 Å². The smallest absolute Gasteiger partial charge is 0.166 e. The molecule has 20 heavy (non-hydrogen) atoms. The first-order chi connectivity index (χ1) is 9.67. The fourth-order valence-corrected chi connectivity index (χ4v) is 3.47. The summed E-state index contributed by atoms with van der Waals surface area (Å²) in [7, 11) is 0. The lowest BCUT2D eigenvalue weighted by molar-refractivity contribution is -0.129. The molecule has 1 spiro atoms. The molecule has 4 nitrogen and oxygen atoms in total. The number of pyridine rings is 1. The van der Waals surface area contributed by atoms with Crippen LogP contribution >= 0.6 is 0 Å². The number of nitrogen functional groups attached to an aromatic ring is 1. The first-order valence-electron chi connectivity index (χ1n) is 7.71. The second kappa shape index (κ2) is 5.60. The van der Waals surface area contributed by atoms with Crippen LogP contribution < -0.4 is 10.5 Å². The van der Waals surface area contributed by atoms with Gasteiger partial charge in [-0.2, -0.15) is 0 Å². The summed E-state index contributed by atoms with van der Waals surface area (Å²) in [4.78, 5) is 4.26. The Bertz CT molecular complexity index is 464. The number of anilines is 1. The highest BCUT2D eigenvalue weighted by Gasteiger charge is 2.39. The zero-order valence-corrected chi connectivity index (χ0v) is 12.2. The third-order valence-corrected chi connectivity index (χ3v) is 4.53. The summed E-state index contributed by atoms with van der Waals surface area (Å²) in [6.07, 6.45) is 8.37. The second-order valence-corrected chi connectivity index (χ2v) is 6.16. The molecule has 1 aliphatic carbocycles. The molecule has 1 saturated heterocycles. The van der Waals surface area contributed by atoms with E-state index in [2.05, 4.69) is 4.98 Å². The molecule has 0 amide bonds. The van der Waals surface area contributed by atoms with Crippen molar-refractivity contribution in [3.05, 3.63) is 17.8 Å². The number of nitrogens with two attached hydrogens (primary N) is 1. The normalized spacial score (nSPS) is 25.6. The third kappa shape index (κ3) is 2.90. The number of hydrogen-bond acceptors (Lipinski definition) is 4. The molecule has 1 unspecified atom stereocenters. The number of ether oxygens (including phenoxy) is 2. The van der Waals surface area contributed by atoms with Gasteiger partial charge in [-0.3, -0.25) is 0 Å². The van der Waals surface area contributed by atoms with Crippen LogP contribution in [0, 0.1) is 6.92 Å². The van der Waals surface area contributed by atoms with E-state index in [1.165, 1.54) is 32.1 Å². The molecule has 0 radical (unpaired) electrons. The minimum Gasteiger partial charge on any atom is -0.486 e. The number of hydrogen-bond donors (Lipinski definition) is 1. The van der Waals surface area contributed by atoms with Gasteiger partial charge < -0.3 is 15.2 Å². The average molecular weight is 276 g/mol. The third-order valence-electron chi connectivity index (χ3n) is 4.53. The summed E-state index contributed by atoms with van der Waals surface area (Å²) < 4.78 is 12.2. The minimum absolute atomic E-state index is 0.0635. The fourth-order valence-electron chi connectivity index (χ4n) is 3.47. The predicted molar refractivity (Wildman–Crippen MR) is 78.8 cm³/mol. The number of rotatable bonds is 2. The van der Waals surface area contributed by atoms with E-state index >= 15 is 0 Å². The van der Waals surface area contributed by atoms with Crippen molar-refractivity contribution in [1.82, 2.24) is 4.98 Å². The van der Waals surface area contributed by atoms with E-state index < -0.39 is 0 Å². The highest BCUT2D eigenvalue weighted by atomic mass is 16.5. The lowest BCUT2D eigenvalue weighted by atomic mass is 9.79. The van der Waals surface area contributed by atoms with Crippen LogP contribution in [0.2, 0.25) is 0 Å². The molecule has 2 N–H and O–H groups in total. The van der Waals surface area contributed by atoms with E-state index in [4.69, 9.17) is 15.2 Å². The van der Waals surface area contributed by atoms with E-state index in [9.17, 15) is 0 Å². The van der Waals surface area contributed by atoms with E-state index in [0.717, 1.165) is 25.1 Å². The van der Waals surface area contributed by atoms with Crippen LogP contribution in [-0.4, -0.2) is 23.3 Å². The zero-order chi connectivity index (χ0) is 14.0. The van der Waals surface area contributed by atoms with Crippen LogP contribution in [0.25, 0.3) is 0 Å². The standard InChI is InChI=1S/C16H24N2O2/c1-12-5-6-14(15(17)18-12)20-13-7-10-19-16(11-13)8-3-2-4-9-16/h5-6,13H,2-4,7-11H2,1H3,(H2,17,18). The van der Waals surface area contributed by atoms with Crippen molar-refractivity contribution in [1.29, 1.82) is 0 Å². The summed E-state index contributed by atoms with van der Waals surface area (Å²) in [6.45, 7) is 2.73. The van der Waals surface area contributed by atoms with Crippen molar-refractivity contribution in [2.45, 2.75) is 63.6 Å². The van der Waals surface area contributed by atoms with Gasteiger partial charge in [0.05, 0.1) is 12.2 Å². The Morgan fingerprint density at radius 3 is 2.85 bits per heavy atom. The molecule has 4 heteroatoms. The summed E-state index contributed by atoms with van der Waals surface area (Å²) in [6, 6.07) is 3.88. The average Bonchev–Trinajstić information content (AvgIpc) is 2.43. The maximum absolute atomic E-state index is 6.10. The van der Waals surface area contributed by atoms with Gasteiger partial charge in [0.15, 0.2) is 11.6 Å². The lowest BCUT2D eigenvalue weighted by Gasteiger charge is -2.43. The molecule has 2 heterocycles. The molecule has 1 saturated carbocycles. The predicted octanol–water partition coefficient (Wildman–Crippen LogP) is 3.23. The van der Waals surface area contributed by atoms with Gasteiger partial charge >= 0.3 is 0 Å². The van der Waals surface area contributed by atoms with Crippen LogP contribution in [0.1, 0.15) is 50.6 Å². The first kappa shape index (κ1) is 13.7. The number of aromatic nitrogens is 1.